The zero-order valence-corrected chi connectivity index (χ0v) is 14.0. The van der Waals surface area contributed by atoms with E-state index < -0.39 is 0 Å². The first-order chi connectivity index (χ1) is 9.60. The Morgan fingerprint density at radius 1 is 1.40 bits per heavy atom. The van der Waals surface area contributed by atoms with Gasteiger partial charge in [0, 0.05) is 35.9 Å². The molecule has 1 aliphatic heterocycles. The van der Waals surface area contributed by atoms with Gasteiger partial charge in [-0.15, -0.1) is 0 Å². The van der Waals surface area contributed by atoms with Gasteiger partial charge in [0.25, 0.3) is 0 Å². The quantitative estimate of drug-likeness (QED) is 0.893. The van der Waals surface area contributed by atoms with Gasteiger partial charge in [0.15, 0.2) is 0 Å². The van der Waals surface area contributed by atoms with E-state index in [1.807, 2.05) is 0 Å². The lowest BCUT2D eigenvalue weighted by Gasteiger charge is -2.35. The van der Waals surface area contributed by atoms with E-state index in [0.717, 1.165) is 43.4 Å². The summed E-state index contributed by atoms with van der Waals surface area (Å²) in [5.74, 6) is 0. The lowest BCUT2D eigenvalue weighted by molar-refractivity contribution is 0.0459. The first-order valence-electron chi connectivity index (χ1n) is 7.50. The van der Waals surface area contributed by atoms with Crippen LogP contribution < -0.4 is 10.6 Å². The molecule has 0 spiro atoms. The lowest BCUT2D eigenvalue weighted by atomic mass is 10.0. The molecule has 1 aliphatic rings. The van der Waals surface area contributed by atoms with E-state index in [0.29, 0.717) is 6.10 Å². The first-order valence-corrected chi connectivity index (χ1v) is 8.30. The van der Waals surface area contributed by atoms with Gasteiger partial charge in [-0.3, -0.25) is 0 Å². The molecule has 0 bridgehead atoms. The van der Waals surface area contributed by atoms with E-state index in [-0.39, 0.29) is 6.04 Å². The summed E-state index contributed by atoms with van der Waals surface area (Å²) in [4.78, 5) is 2.47. The van der Waals surface area contributed by atoms with Crippen molar-refractivity contribution in [2.45, 2.75) is 45.3 Å². The Hall–Kier alpha value is -0.580. The highest BCUT2D eigenvalue weighted by Crippen LogP contribution is 2.29. The van der Waals surface area contributed by atoms with Crippen molar-refractivity contribution in [2.24, 2.45) is 5.73 Å². The Labute approximate surface area is 130 Å². The first kappa shape index (κ1) is 15.8. The van der Waals surface area contributed by atoms with Gasteiger partial charge < -0.3 is 15.4 Å². The molecule has 0 amide bonds. The highest BCUT2D eigenvalue weighted by molar-refractivity contribution is 9.10. The smallest absolute Gasteiger partial charge is 0.0608 e. The molecule has 2 N–H and O–H groups in total. The van der Waals surface area contributed by atoms with Crippen molar-refractivity contribution in [3.63, 3.8) is 0 Å². The van der Waals surface area contributed by atoms with Crippen molar-refractivity contribution >= 4 is 21.6 Å². The molecule has 0 aromatic heterocycles. The molecule has 20 heavy (non-hydrogen) atoms. The number of benzene rings is 1. The van der Waals surface area contributed by atoms with Gasteiger partial charge in [0.1, 0.15) is 0 Å². The molecular weight excluding hydrogens is 316 g/mol. The third kappa shape index (κ3) is 4.21. The number of hydrogen-bond acceptors (Lipinski definition) is 3. The second-order valence-corrected chi connectivity index (χ2v) is 6.51. The third-order valence-electron chi connectivity index (χ3n) is 3.77. The molecular formula is C16H25BrN2O. The van der Waals surface area contributed by atoms with Crippen LogP contribution in [0.5, 0.6) is 0 Å². The fourth-order valence-corrected chi connectivity index (χ4v) is 3.20. The normalized spacial score (nSPS) is 18.3. The molecule has 1 atom stereocenters. The number of nitrogens with zero attached hydrogens (tertiary/aromatic N) is 1. The van der Waals surface area contributed by atoms with Crippen LogP contribution in [0.3, 0.4) is 0 Å². The summed E-state index contributed by atoms with van der Waals surface area (Å²) in [5.41, 5.74) is 8.64. The number of ether oxygens (including phenoxy) is 1. The van der Waals surface area contributed by atoms with Gasteiger partial charge in [-0.25, -0.2) is 0 Å². The van der Waals surface area contributed by atoms with Gasteiger partial charge in [0.05, 0.1) is 6.10 Å². The summed E-state index contributed by atoms with van der Waals surface area (Å²) in [6, 6.07) is 6.71. The predicted molar refractivity (Wildman–Crippen MR) is 88.4 cm³/mol. The van der Waals surface area contributed by atoms with Crippen molar-refractivity contribution in [2.75, 3.05) is 24.6 Å². The van der Waals surface area contributed by atoms with E-state index in [4.69, 9.17) is 10.5 Å². The van der Waals surface area contributed by atoms with Crippen LogP contribution in [0.15, 0.2) is 22.7 Å². The van der Waals surface area contributed by atoms with Crippen molar-refractivity contribution in [3.8, 4) is 0 Å². The van der Waals surface area contributed by atoms with Crippen LogP contribution in [0.25, 0.3) is 0 Å². The van der Waals surface area contributed by atoms with Crippen LogP contribution in [0.2, 0.25) is 0 Å². The summed E-state index contributed by atoms with van der Waals surface area (Å²) in [6.45, 7) is 7.08. The van der Waals surface area contributed by atoms with E-state index in [1.54, 1.807) is 0 Å². The number of hydrogen-bond donors (Lipinski definition) is 1. The molecule has 112 valence electrons. The minimum Gasteiger partial charge on any atom is -0.378 e. The Bertz CT molecular complexity index is 428. The number of piperidine rings is 1. The maximum Gasteiger partial charge on any atom is 0.0608 e. The molecule has 1 heterocycles. The highest BCUT2D eigenvalue weighted by atomic mass is 79.9. The van der Waals surface area contributed by atoms with Gasteiger partial charge in [-0.1, -0.05) is 22.0 Å². The van der Waals surface area contributed by atoms with E-state index in [9.17, 15) is 0 Å². The SMILES string of the molecule is CCOC1CCN(c2cc(Br)ccc2CC(C)N)CC1. The number of halogens is 1. The summed E-state index contributed by atoms with van der Waals surface area (Å²) in [5, 5.41) is 0. The Morgan fingerprint density at radius 2 is 2.10 bits per heavy atom. The molecule has 1 aromatic rings. The van der Waals surface area contributed by atoms with E-state index >= 15 is 0 Å². The van der Waals surface area contributed by atoms with Gasteiger partial charge in [-0.05, 0) is 50.8 Å². The molecule has 1 saturated heterocycles. The van der Waals surface area contributed by atoms with Crippen molar-refractivity contribution in [3.05, 3.63) is 28.2 Å². The van der Waals surface area contributed by atoms with Crippen molar-refractivity contribution in [1.82, 2.24) is 0 Å². The standard InChI is InChI=1S/C16H25BrN2O/c1-3-20-15-6-8-19(9-7-15)16-11-14(17)5-4-13(16)10-12(2)18/h4-5,11-12,15H,3,6-10,18H2,1-2H3. The minimum absolute atomic E-state index is 0.191. The Balaban J connectivity index is 2.10. The van der Waals surface area contributed by atoms with Gasteiger partial charge in [-0.2, -0.15) is 0 Å². The zero-order chi connectivity index (χ0) is 14.5. The number of nitrogens with two attached hydrogens (primary N) is 1. The van der Waals surface area contributed by atoms with Crippen molar-refractivity contribution < 1.29 is 4.74 Å². The Kier molecular flexibility index (Phi) is 5.87. The average Bonchev–Trinajstić information content (AvgIpc) is 2.42. The van der Waals surface area contributed by atoms with Crippen LogP contribution in [-0.4, -0.2) is 31.8 Å². The number of rotatable bonds is 5. The van der Waals surface area contributed by atoms with Gasteiger partial charge >= 0.3 is 0 Å². The van der Waals surface area contributed by atoms with Crippen LogP contribution in [0.4, 0.5) is 5.69 Å². The highest BCUT2D eigenvalue weighted by Gasteiger charge is 2.21. The molecule has 0 radical (unpaired) electrons. The molecule has 1 aromatic carbocycles. The van der Waals surface area contributed by atoms with Gasteiger partial charge in [0.2, 0.25) is 0 Å². The molecule has 0 saturated carbocycles. The molecule has 0 aliphatic carbocycles. The average molecular weight is 341 g/mol. The third-order valence-corrected chi connectivity index (χ3v) is 4.27. The Morgan fingerprint density at radius 3 is 2.70 bits per heavy atom. The lowest BCUT2D eigenvalue weighted by Crippen LogP contribution is -2.37. The second kappa shape index (κ2) is 7.43. The topological polar surface area (TPSA) is 38.5 Å². The van der Waals surface area contributed by atoms with Crippen LogP contribution in [0, 0.1) is 0 Å². The summed E-state index contributed by atoms with van der Waals surface area (Å²) in [6.07, 6.45) is 3.57. The maximum atomic E-state index is 5.97. The summed E-state index contributed by atoms with van der Waals surface area (Å²) >= 11 is 3.58. The van der Waals surface area contributed by atoms with E-state index in [2.05, 4.69) is 52.9 Å². The molecule has 2 rings (SSSR count). The summed E-state index contributed by atoms with van der Waals surface area (Å²) in [7, 11) is 0. The fraction of sp³-hybridized carbons (Fsp3) is 0.625. The van der Waals surface area contributed by atoms with E-state index in [1.165, 1.54) is 11.3 Å². The maximum absolute atomic E-state index is 5.97. The number of anilines is 1. The zero-order valence-electron chi connectivity index (χ0n) is 12.4. The predicted octanol–water partition coefficient (Wildman–Crippen LogP) is 3.34. The summed E-state index contributed by atoms with van der Waals surface area (Å²) < 4.78 is 6.86. The second-order valence-electron chi connectivity index (χ2n) is 5.60. The molecule has 1 fully saturated rings. The van der Waals surface area contributed by atoms with Crippen LogP contribution in [0.1, 0.15) is 32.3 Å². The molecule has 1 unspecified atom stereocenters. The molecule has 4 heteroatoms. The molecule has 3 nitrogen and oxygen atoms in total. The largest absolute Gasteiger partial charge is 0.378 e. The minimum atomic E-state index is 0.191. The van der Waals surface area contributed by atoms with Crippen LogP contribution >= 0.6 is 15.9 Å². The van der Waals surface area contributed by atoms with Crippen LogP contribution in [-0.2, 0) is 11.2 Å². The fourth-order valence-electron chi connectivity index (χ4n) is 2.85. The van der Waals surface area contributed by atoms with Crippen molar-refractivity contribution in [1.29, 1.82) is 0 Å². The monoisotopic (exact) mass is 340 g/mol.